The van der Waals surface area contributed by atoms with Gasteiger partial charge in [-0.05, 0) is 31.8 Å². The van der Waals surface area contributed by atoms with Crippen LogP contribution < -0.4 is 10.1 Å². The number of hydrogen-bond donors (Lipinski definition) is 1. The van der Waals surface area contributed by atoms with Gasteiger partial charge in [0, 0.05) is 55.8 Å². The lowest BCUT2D eigenvalue weighted by atomic mass is 10.1. The van der Waals surface area contributed by atoms with Gasteiger partial charge in [0.05, 0.1) is 6.61 Å². The second kappa shape index (κ2) is 6.53. The first kappa shape index (κ1) is 15.1. The quantitative estimate of drug-likeness (QED) is 0.914. The molecule has 1 fully saturated rings. The molecule has 1 aromatic carbocycles. The van der Waals surface area contributed by atoms with Gasteiger partial charge >= 0.3 is 0 Å². The third-order valence-electron chi connectivity index (χ3n) is 4.50. The van der Waals surface area contributed by atoms with Crippen LogP contribution in [0.2, 0.25) is 5.02 Å². The average Bonchev–Trinajstić information content (AvgIpc) is 2.90. The zero-order chi connectivity index (χ0) is 14.8. The third kappa shape index (κ3) is 3.51. The van der Waals surface area contributed by atoms with Crippen LogP contribution in [0, 0.1) is 0 Å². The highest BCUT2D eigenvalue weighted by atomic mass is 35.5. The molecule has 1 aromatic rings. The van der Waals surface area contributed by atoms with Crippen LogP contribution in [0.25, 0.3) is 0 Å². The van der Waals surface area contributed by atoms with Gasteiger partial charge in [-0.25, -0.2) is 0 Å². The summed E-state index contributed by atoms with van der Waals surface area (Å²) in [6.45, 7) is 5.99. The Labute approximate surface area is 132 Å². The van der Waals surface area contributed by atoms with Crippen molar-refractivity contribution >= 4 is 11.6 Å². The molecule has 1 saturated heterocycles. The smallest absolute Gasteiger partial charge is 0.127 e. The lowest BCUT2D eigenvalue weighted by Gasteiger charge is -2.37. The molecule has 116 valence electrons. The number of hydrogen-bond acceptors (Lipinski definition) is 4. The molecule has 2 aliphatic rings. The fourth-order valence-electron chi connectivity index (χ4n) is 3.17. The Bertz CT molecular complexity index is 509. The number of nitrogens with one attached hydrogen (secondary N) is 1. The molecule has 3 rings (SSSR count). The molecule has 0 aromatic heterocycles. The maximum Gasteiger partial charge on any atom is 0.127 e. The van der Waals surface area contributed by atoms with E-state index in [0.717, 1.165) is 56.5 Å². The summed E-state index contributed by atoms with van der Waals surface area (Å²) in [6, 6.07) is 4.61. The largest absolute Gasteiger partial charge is 0.493 e. The minimum atomic E-state index is 0.567. The molecule has 1 N–H and O–H groups in total. The first-order valence-electron chi connectivity index (χ1n) is 7.67. The summed E-state index contributed by atoms with van der Waals surface area (Å²) in [6.07, 6.45) is 0.971. The van der Waals surface area contributed by atoms with Gasteiger partial charge in [0.25, 0.3) is 0 Å². The lowest BCUT2D eigenvalue weighted by Crippen LogP contribution is -2.53. The Morgan fingerprint density at radius 3 is 3.05 bits per heavy atom. The molecule has 0 bridgehead atoms. The molecule has 5 heteroatoms. The van der Waals surface area contributed by atoms with Gasteiger partial charge in [-0.1, -0.05) is 11.6 Å². The van der Waals surface area contributed by atoms with Crippen molar-refractivity contribution in [2.45, 2.75) is 19.0 Å². The van der Waals surface area contributed by atoms with Crippen molar-refractivity contribution in [1.29, 1.82) is 0 Å². The van der Waals surface area contributed by atoms with Crippen molar-refractivity contribution in [2.24, 2.45) is 0 Å². The van der Waals surface area contributed by atoms with E-state index < -0.39 is 0 Å². The zero-order valence-corrected chi connectivity index (χ0v) is 13.6. The summed E-state index contributed by atoms with van der Waals surface area (Å²) in [5.74, 6) is 1.04. The van der Waals surface area contributed by atoms with Crippen LogP contribution in [0.15, 0.2) is 12.1 Å². The van der Waals surface area contributed by atoms with Crippen LogP contribution in [0.4, 0.5) is 0 Å². The summed E-state index contributed by atoms with van der Waals surface area (Å²) >= 11 is 6.20. The third-order valence-corrected chi connectivity index (χ3v) is 4.72. The Morgan fingerprint density at radius 1 is 1.33 bits per heavy atom. The van der Waals surface area contributed by atoms with Crippen molar-refractivity contribution in [1.82, 2.24) is 15.1 Å². The van der Waals surface area contributed by atoms with Gasteiger partial charge < -0.3 is 15.0 Å². The highest BCUT2D eigenvalue weighted by Crippen LogP contribution is 2.32. The Kier molecular flexibility index (Phi) is 4.69. The number of ether oxygens (including phenoxy) is 1. The highest BCUT2D eigenvalue weighted by molar-refractivity contribution is 6.30. The first-order chi connectivity index (χ1) is 10.1. The van der Waals surface area contributed by atoms with E-state index in [0.29, 0.717) is 6.04 Å². The number of benzene rings is 1. The van der Waals surface area contributed by atoms with E-state index in [1.54, 1.807) is 0 Å². The molecule has 0 amide bonds. The molecule has 0 saturated carbocycles. The molecular weight excluding hydrogens is 286 g/mol. The minimum absolute atomic E-state index is 0.567. The second-order valence-electron chi connectivity index (χ2n) is 6.18. The number of piperazine rings is 1. The standard InChI is InChI=1S/C16H24ClN3O/c1-19-4-5-20(2)15(11-19)10-18-9-13-8-14(17)7-12-3-6-21-16(12)13/h7-8,15,18H,3-6,9-11H2,1-2H3. The molecule has 1 atom stereocenters. The monoisotopic (exact) mass is 309 g/mol. The Morgan fingerprint density at radius 2 is 2.19 bits per heavy atom. The molecule has 1 unspecified atom stereocenters. The van der Waals surface area contributed by atoms with Crippen molar-refractivity contribution in [3.63, 3.8) is 0 Å². The zero-order valence-electron chi connectivity index (χ0n) is 12.9. The van der Waals surface area contributed by atoms with E-state index in [2.05, 4.69) is 29.2 Å². The van der Waals surface area contributed by atoms with Crippen molar-refractivity contribution in [2.75, 3.05) is 46.9 Å². The number of rotatable bonds is 4. The van der Waals surface area contributed by atoms with Gasteiger partial charge in [0.1, 0.15) is 5.75 Å². The number of fused-ring (bicyclic) bond motifs is 1. The second-order valence-corrected chi connectivity index (χ2v) is 6.62. The fraction of sp³-hybridized carbons (Fsp3) is 0.625. The normalized spacial score (nSPS) is 23.1. The number of halogens is 1. The van der Waals surface area contributed by atoms with E-state index in [9.17, 15) is 0 Å². The van der Waals surface area contributed by atoms with Crippen LogP contribution in [0.1, 0.15) is 11.1 Å². The van der Waals surface area contributed by atoms with Crippen LogP contribution >= 0.6 is 11.6 Å². The van der Waals surface area contributed by atoms with Gasteiger partial charge in [-0.3, -0.25) is 4.90 Å². The molecule has 0 spiro atoms. The SMILES string of the molecule is CN1CCN(C)C(CNCc2cc(Cl)cc3c2OCC3)C1. The Hall–Kier alpha value is -0.810. The minimum Gasteiger partial charge on any atom is -0.493 e. The predicted molar refractivity (Wildman–Crippen MR) is 86.3 cm³/mol. The van der Waals surface area contributed by atoms with Crippen LogP contribution in [0.5, 0.6) is 5.75 Å². The van der Waals surface area contributed by atoms with Crippen molar-refractivity contribution < 1.29 is 4.74 Å². The van der Waals surface area contributed by atoms with E-state index in [1.165, 1.54) is 11.1 Å². The molecule has 4 nitrogen and oxygen atoms in total. The van der Waals surface area contributed by atoms with Gasteiger partial charge in [-0.2, -0.15) is 0 Å². The summed E-state index contributed by atoms with van der Waals surface area (Å²) in [4.78, 5) is 4.83. The van der Waals surface area contributed by atoms with Gasteiger partial charge in [0.2, 0.25) is 0 Å². The van der Waals surface area contributed by atoms with Crippen LogP contribution in [-0.4, -0.2) is 62.7 Å². The molecule has 2 aliphatic heterocycles. The van der Waals surface area contributed by atoms with E-state index in [-0.39, 0.29) is 0 Å². The molecule has 0 aliphatic carbocycles. The fourth-order valence-corrected chi connectivity index (χ4v) is 3.44. The molecule has 2 heterocycles. The Balaban J connectivity index is 1.58. The van der Waals surface area contributed by atoms with E-state index in [1.807, 2.05) is 12.1 Å². The van der Waals surface area contributed by atoms with E-state index in [4.69, 9.17) is 16.3 Å². The summed E-state index contributed by atoms with van der Waals surface area (Å²) in [7, 11) is 4.40. The van der Waals surface area contributed by atoms with E-state index >= 15 is 0 Å². The molecule has 0 radical (unpaired) electrons. The van der Waals surface area contributed by atoms with Crippen LogP contribution in [-0.2, 0) is 13.0 Å². The first-order valence-corrected chi connectivity index (χ1v) is 8.05. The molecule has 21 heavy (non-hydrogen) atoms. The summed E-state index contributed by atoms with van der Waals surface area (Å²) < 4.78 is 5.75. The van der Waals surface area contributed by atoms with Gasteiger partial charge in [0.15, 0.2) is 0 Å². The summed E-state index contributed by atoms with van der Waals surface area (Å²) in [5.41, 5.74) is 2.43. The molecular formula is C16H24ClN3O. The summed E-state index contributed by atoms with van der Waals surface area (Å²) in [5, 5.41) is 4.38. The predicted octanol–water partition coefficient (Wildman–Crippen LogP) is 1.61. The number of nitrogens with zero attached hydrogens (tertiary/aromatic N) is 2. The van der Waals surface area contributed by atoms with Crippen molar-refractivity contribution in [3.8, 4) is 5.75 Å². The van der Waals surface area contributed by atoms with Crippen molar-refractivity contribution in [3.05, 3.63) is 28.3 Å². The average molecular weight is 310 g/mol. The highest BCUT2D eigenvalue weighted by Gasteiger charge is 2.22. The maximum atomic E-state index is 6.20. The maximum absolute atomic E-state index is 6.20. The topological polar surface area (TPSA) is 27.7 Å². The van der Waals surface area contributed by atoms with Crippen LogP contribution in [0.3, 0.4) is 0 Å². The van der Waals surface area contributed by atoms with Gasteiger partial charge in [-0.15, -0.1) is 0 Å². The lowest BCUT2D eigenvalue weighted by molar-refractivity contribution is 0.113. The number of likely N-dealkylation sites (N-methyl/N-ethyl adjacent to an activating group) is 2.